The van der Waals surface area contributed by atoms with Crippen molar-refractivity contribution in [3.05, 3.63) is 53.9 Å². The van der Waals surface area contributed by atoms with E-state index in [1.165, 1.54) is 24.1 Å². The molecule has 3 rings (SSSR count). The molecule has 4 nitrogen and oxygen atoms in total. The summed E-state index contributed by atoms with van der Waals surface area (Å²) in [4.78, 5) is 2.56. The summed E-state index contributed by atoms with van der Waals surface area (Å²) in [5.74, 6) is 0. The van der Waals surface area contributed by atoms with Gasteiger partial charge in [0.2, 0.25) is 0 Å². The molecule has 4 heteroatoms. The number of benzene rings is 1. The van der Waals surface area contributed by atoms with E-state index < -0.39 is 0 Å². The third kappa shape index (κ3) is 3.93. The molecule has 1 aromatic carbocycles. The smallest absolute Gasteiger partial charge is 0.0534 e. The van der Waals surface area contributed by atoms with Crippen LogP contribution in [0.3, 0.4) is 0 Å². The number of hydrogen-bond acceptors (Lipinski definition) is 3. The summed E-state index contributed by atoms with van der Waals surface area (Å²) in [5, 5.41) is 10.6. The van der Waals surface area contributed by atoms with Crippen LogP contribution < -0.4 is 5.32 Å². The lowest BCUT2D eigenvalue weighted by atomic mass is 10.1. The Kier molecular flexibility index (Phi) is 4.68. The van der Waals surface area contributed by atoms with Crippen molar-refractivity contribution in [2.45, 2.75) is 31.8 Å². The van der Waals surface area contributed by atoms with Crippen LogP contribution in [0.25, 0.3) is 0 Å². The Morgan fingerprint density at radius 1 is 1.38 bits per heavy atom. The first kappa shape index (κ1) is 14.3. The predicted octanol–water partition coefficient (Wildman–Crippen LogP) is 2.38. The van der Waals surface area contributed by atoms with Crippen molar-refractivity contribution in [1.29, 1.82) is 0 Å². The van der Waals surface area contributed by atoms with Crippen molar-refractivity contribution in [3.8, 4) is 0 Å². The van der Waals surface area contributed by atoms with E-state index >= 15 is 0 Å². The highest BCUT2D eigenvalue weighted by Crippen LogP contribution is 2.16. The van der Waals surface area contributed by atoms with Crippen molar-refractivity contribution < 1.29 is 0 Å². The van der Waals surface area contributed by atoms with E-state index in [-0.39, 0.29) is 0 Å². The van der Waals surface area contributed by atoms with Crippen molar-refractivity contribution in [2.75, 3.05) is 19.6 Å². The monoisotopic (exact) mass is 284 g/mol. The number of nitrogens with one attached hydrogen (secondary N) is 2. The van der Waals surface area contributed by atoms with E-state index in [9.17, 15) is 0 Å². The van der Waals surface area contributed by atoms with Crippen molar-refractivity contribution >= 4 is 0 Å². The molecule has 2 aromatic rings. The van der Waals surface area contributed by atoms with Crippen LogP contribution in [0.15, 0.2) is 42.7 Å². The van der Waals surface area contributed by atoms with Gasteiger partial charge in [0.1, 0.15) is 0 Å². The van der Waals surface area contributed by atoms with Gasteiger partial charge in [-0.2, -0.15) is 5.10 Å². The van der Waals surface area contributed by atoms with E-state index in [1.807, 2.05) is 12.4 Å². The van der Waals surface area contributed by atoms with Crippen LogP contribution in [0.4, 0.5) is 0 Å². The van der Waals surface area contributed by atoms with Gasteiger partial charge >= 0.3 is 0 Å². The average Bonchev–Trinajstić information content (AvgIpc) is 3.18. The van der Waals surface area contributed by atoms with Gasteiger partial charge in [0, 0.05) is 36.9 Å². The zero-order valence-electron chi connectivity index (χ0n) is 12.6. The third-order valence-electron chi connectivity index (χ3n) is 4.34. The molecule has 2 unspecified atom stereocenters. The molecule has 2 heterocycles. The zero-order chi connectivity index (χ0) is 14.5. The molecule has 1 aliphatic heterocycles. The second-order valence-electron chi connectivity index (χ2n) is 5.94. The Labute approximate surface area is 126 Å². The van der Waals surface area contributed by atoms with Crippen LogP contribution in [0.5, 0.6) is 0 Å². The van der Waals surface area contributed by atoms with Crippen LogP contribution in [0.1, 0.15) is 30.5 Å². The van der Waals surface area contributed by atoms with E-state index in [0.717, 1.165) is 19.5 Å². The molecule has 112 valence electrons. The van der Waals surface area contributed by atoms with Crippen LogP contribution in [0, 0.1) is 0 Å². The van der Waals surface area contributed by atoms with Gasteiger partial charge in [0.05, 0.1) is 6.20 Å². The van der Waals surface area contributed by atoms with Gasteiger partial charge in [-0.3, -0.25) is 5.10 Å². The fourth-order valence-corrected chi connectivity index (χ4v) is 3.05. The van der Waals surface area contributed by atoms with Gasteiger partial charge in [-0.1, -0.05) is 30.3 Å². The lowest BCUT2D eigenvalue weighted by Crippen LogP contribution is -2.34. The fraction of sp³-hybridized carbons (Fsp3) is 0.471. The standard InChI is InChI=1S/C17H24N4/c1-14(16-11-18-19-12-16)20-17-8-10-21(13-17)9-7-15-5-3-2-4-6-15/h2-6,11-12,14,17,20H,7-10,13H2,1H3,(H,18,19). The van der Waals surface area contributed by atoms with Gasteiger partial charge in [-0.15, -0.1) is 0 Å². The maximum absolute atomic E-state index is 4.02. The molecule has 0 amide bonds. The van der Waals surface area contributed by atoms with E-state index in [0.29, 0.717) is 12.1 Å². The molecule has 2 N–H and O–H groups in total. The van der Waals surface area contributed by atoms with E-state index in [4.69, 9.17) is 0 Å². The average molecular weight is 284 g/mol. The molecule has 2 atom stereocenters. The Bertz CT molecular complexity index is 523. The number of aromatic amines is 1. The second-order valence-corrected chi connectivity index (χ2v) is 5.94. The van der Waals surface area contributed by atoms with E-state index in [2.05, 4.69) is 57.7 Å². The molecule has 0 radical (unpaired) electrons. The van der Waals surface area contributed by atoms with Gasteiger partial charge in [-0.25, -0.2) is 0 Å². The first-order valence-electron chi connectivity index (χ1n) is 7.82. The minimum Gasteiger partial charge on any atom is -0.306 e. The zero-order valence-corrected chi connectivity index (χ0v) is 12.6. The van der Waals surface area contributed by atoms with Crippen LogP contribution in [-0.2, 0) is 6.42 Å². The Morgan fingerprint density at radius 3 is 3.00 bits per heavy atom. The normalized spacial score (nSPS) is 20.7. The first-order valence-corrected chi connectivity index (χ1v) is 7.82. The molecular formula is C17H24N4. The number of hydrogen-bond donors (Lipinski definition) is 2. The number of rotatable bonds is 6. The molecule has 0 saturated carbocycles. The topological polar surface area (TPSA) is 44.0 Å². The summed E-state index contributed by atoms with van der Waals surface area (Å²) in [5.41, 5.74) is 2.67. The third-order valence-corrected chi connectivity index (χ3v) is 4.34. The lowest BCUT2D eigenvalue weighted by Gasteiger charge is -2.19. The largest absolute Gasteiger partial charge is 0.306 e. The highest BCUT2D eigenvalue weighted by atomic mass is 15.2. The van der Waals surface area contributed by atoms with Crippen molar-refractivity contribution in [1.82, 2.24) is 20.4 Å². The fourth-order valence-electron chi connectivity index (χ4n) is 3.05. The van der Waals surface area contributed by atoms with Crippen molar-refractivity contribution in [2.24, 2.45) is 0 Å². The maximum Gasteiger partial charge on any atom is 0.0534 e. The van der Waals surface area contributed by atoms with Gasteiger partial charge < -0.3 is 10.2 Å². The molecule has 21 heavy (non-hydrogen) atoms. The highest BCUT2D eigenvalue weighted by Gasteiger charge is 2.23. The molecule has 0 spiro atoms. The number of H-pyrrole nitrogens is 1. The van der Waals surface area contributed by atoms with Crippen LogP contribution in [-0.4, -0.2) is 40.8 Å². The molecule has 1 aliphatic rings. The summed E-state index contributed by atoms with van der Waals surface area (Å²) in [6.45, 7) is 5.71. The van der Waals surface area contributed by atoms with Gasteiger partial charge in [0.15, 0.2) is 0 Å². The van der Waals surface area contributed by atoms with E-state index in [1.54, 1.807) is 0 Å². The maximum atomic E-state index is 4.02. The van der Waals surface area contributed by atoms with Crippen molar-refractivity contribution in [3.63, 3.8) is 0 Å². The van der Waals surface area contributed by atoms with Crippen LogP contribution >= 0.6 is 0 Å². The second kappa shape index (κ2) is 6.87. The molecule has 1 saturated heterocycles. The number of nitrogens with zero attached hydrogens (tertiary/aromatic N) is 2. The Hall–Kier alpha value is -1.65. The summed E-state index contributed by atoms with van der Waals surface area (Å²) in [6, 6.07) is 11.7. The Balaban J connectivity index is 1.43. The SMILES string of the molecule is CC(NC1CCN(CCc2ccccc2)C1)c1cn[nH]c1. The highest BCUT2D eigenvalue weighted by molar-refractivity contribution is 5.15. The van der Waals surface area contributed by atoms with Gasteiger partial charge in [0.25, 0.3) is 0 Å². The number of likely N-dealkylation sites (tertiary alicyclic amines) is 1. The molecule has 1 aromatic heterocycles. The number of aromatic nitrogens is 2. The Morgan fingerprint density at radius 2 is 2.24 bits per heavy atom. The summed E-state index contributed by atoms with van der Waals surface area (Å²) >= 11 is 0. The minimum absolute atomic E-state index is 0.364. The lowest BCUT2D eigenvalue weighted by molar-refractivity contribution is 0.327. The molecule has 0 aliphatic carbocycles. The minimum atomic E-state index is 0.364. The molecular weight excluding hydrogens is 260 g/mol. The predicted molar refractivity (Wildman–Crippen MR) is 85.1 cm³/mol. The first-order chi connectivity index (χ1) is 10.3. The summed E-state index contributed by atoms with van der Waals surface area (Å²) < 4.78 is 0. The van der Waals surface area contributed by atoms with Crippen LogP contribution in [0.2, 0.25) is 0 Å². The molecule has 0 bridgehead atoms. The summed E-state index contributed by atoms with van der Waals surface area (Å²) in [6.07, 6.45) is 6.25. The summed E-state index contributed by atoms with van der Waals surface area (Å²) in [7, 11) is 0. The quantitative estimate of drug-likeness (QED) is 0.856. The van der Waals surface area contributed by atoms with Gasteiger partial charge in [-0.05, 0) is 31.9 Å². The molecule has 1 fully saturated rings.